The highest BCUT2D eigenvalue weighted by molar-refractivity contribution is 8.14. The van der Waals surface area contributed by atoms with E-state index in [-0.39, 0.29) is 5.91 Å². The number of nitrogens with zero attached hydrogens (tertiary/aromatic N) is 2. The smallest absolute Gasteiger partial charge is 0.258 e. The van der Waals surface area contributed by atoms with Gasteiger partial charge in [0.25, 0.3) is 5.91 Å². The molecule has 4 rings (SSSR count). The van der Waals surface area contributed by atoms with E-state index in [0.29, 0.717) is 5.75 Å². The molecule has 2 heterocycles. The minimum atomic E-state index is -0.0201. The van der Waals surface area contributed by atoms with Crippen molar-refractivity contribution in [3.05, 3.63) is 53.7 Å². The van der Waals surface area contributed by atoms with Gasteiger partial charge in [-0.15, -0.1) is 0 Å². The van der Waals surface area contributed by atoms with Gasteiger partial charge in [-0.2, -0.15) is 16.8 Å². The molecular formula is C18H16N2OS2. The number of amidine groups is 1. The van der Waals surface area contributed by atoms with Crippen LogP contribution in [0.1, 0.15) is 5.56 Å². The van der Waals surface area contributed by atoms with Crippen LogP contribution in [0, 0.1) is 0 Å². The first-order valence-corrected chi connectivity index (χ1v) is 9.73. The number of rotatable bonds is 1. The van der Waals surface area contributed by atoms with Gasteiger partial charge >= 0.3 is 0 Å². The molecule has 0 aromatic heterocycles. The van der Waals surface area contributed by atoms with E-state index in [4.69, 9.17) is 0 Å². The van der Waals surface area contributed by atoms with E-state index in [1.54, 1.807) is 11.8 Å². The summed E-state index contributed by atoms with van der Waals surface area (Å²) in [4.78, 5) is 17.8. The molecule has 1 saturated heterocycles. The van der Waals surface area contributed by atoms with Gasteiger partial charge < -0.3 is 4.90 Å². The van der Waals surface area contributed by atoms with E-state index in [2.05, 4.69) is 58.4 Å². The van der Waals surface area contributed by atoms with E-state index in [0.717, 1.165) is 23.2 Å². The van der Waals surface area contributed by atoms with Crippen molar-refractivity contribution in [3.8, 4) is 0 Å². The van der Waals surface area contributed by atoms with Crippen molar-refractivity contribution in [2.24, 2.45) is 4.99 Å². The van der Waals surface area contributed by atoms with Crippen molar-refractivity contribution < 1.29 is 4.79 Å². The molecule has 0 atom stereocenters. The minimum Gasteiger partial charge on any atom is -0.323 e. The van der Waals surface area contributed by atoms with Crippen molar-refractivity contribution in [1.29, 1.82) is 0 Å². The molecule has 0 N–H and O–H groups in total. The molecule has 2 aliphatic rings. The number of benzene rings is 2. The van der Waals surface area contributed by atoms with Gasteiger partial charge in [-0.05, 0) is 28.5 Å². The fourth-order valence-corrected chi connectivity index (χ4v) is 4.57. The third kappa shape index (κ3) is 3.16. The normalized spacial score (nSPS) is 20.3. The third-order valence-electron chi connectivity index (χ3n) is 3.94. The van der Waals surface area contributed by atoms with Crippen LogP contribution in [0.3, 0.4) is 0 Å². The second kappa shape index (κ2) is 6.42. The molecule has 1 amide bonds. The summed E-state index contributed by atoms with van der Waals surface area (Å²) in [5, 5.41) is 3.37. The van der Waals surface area contributed by atoms with Crippen LogP contribution in [0.15, 0.2) is 53.2 Å². The van der Waals surface area contributed by atoms with E-state index >= 15 is 0 Å². The Morgan fingerprint density at radius 1 is 1.09 bits per heavy atom. The standard InChI is InChI=1S/C18H16N2OS2/c21-17-12-23-18(19-17)20-7-8-22-11-16(20)10-13-5-6-14-3-1-2-4-15(14)9-13/h1-6,9-10H,7-8,11-12H2/b16-10+. The fourth-order valence-electron chi connectivity index (χ4n) is 2.82. The van der Waals surface area contributed by atoms with Gasteiger partial charge in [0.1, 0.15) is 0 Å². The molecule has 3 nitrogen and oxygen atoms in total. The van der Waals surface area contributed by atoms with E-state index in [1.165, 1.54) is 22.0 Å². The van der Waals surface area contributed by atoms with Crippen molar-refractivity contribution in [3.63, 3.8) is 0 Å². The summed E-state index contributed by atoms with van der Waals surface area (Å²) in [7, 11) is 0. The Morgan fingerprint density at radius 2 is 1.96 bits per heavy atom. The summed E-state index contributed by atoms with van der Waals surface area (Å²) in [6.45, 7) is 0.920. The lowest BCUT2D eigenvalue weighted by molar-refractivity contribution is -0.115. The quantitative estimate of drug-likeness (QED) is 0.789. The number of carbonyl (C=O) groups excluding carboxylic acids is 1. The number of hydrogen-bond acceptors (Lipinski definition) is 4. The summed E-state index contributed by atoms with van der Waals surface area (Å²) in [6.07, 6.45) is 2.23. The molecule has 0 saturated carbocycles. The molecule has 2 aliphatic heterocycles. The highest BCUT2D eigenvalue weighted by Gasteiger charge is 2.25. The number of aliphatic imine (C=N–C) groups is 1. The molecule has 0 aliphatic carbocycles. The Labute approximate surface area is 143 Å². The number of carbonyl (C=O) groups is 1. The Kier molecular flexibility index (Phi) is 4.14. The van der Waals surface area contributed by atoms with E-state index < -0.39 is 0 Å². The van der Waals surface area contributed by atoms with E-state index in [9.17, 15) is 4.79 Å². The highest BCUT2D eigenvalue weighted by atomic mass is 32.2. The van der Waals surface area contributed by atoms with Crippen LogP contribution < -0.4 is 0 Å². The summed E-state index contributed by atoms with van der Waals surface area (Å²) in [5.74, 6) is 2.49. The van der Waals surface area contributed by atoms with Crippen LogP contribution >= 0.6 is 23.5 Å². The Bertz CT molecular complexity index is 829. The zero-order chi connectivity index (χ0) is 15.6. The van der Waals surface area contributed by atoms with Gasteiger partial charge in [0, 0.05) is 23.7 Å². The number of fused-ring (bicyclic) bond motifs is 1. The van der Waals surface area contributed by atoms with Crippen LogP contribution in [0.4, 0.5) is 0 Å². The number of thioether (sulfide) groups is 2. The van der Waals surface area contributed by atoms with Crippen LogP contribution in [-0.4, -0.2) is 39.8 Å². The van der Waals surface area contributed by atoms with Gasteiger partial charge in [-0.25, -0.2) is 0 Å². The van der Waals surface area contributed by atoms with Crippen LogP contribution in [0.5, 0.6) is 0 Å². The van der Waals surface area contributed by atoms with E-state index in [1.807, 2.05) is 11.8 Å². The van der Waals surface area contributed by atoms with Gasteiger partial charge in [-0.1, -0.05) is 48.2 Å². The molecule has 116 valence electrons. The number of amides is 1. The van der Waals surface area contributed by atoms with Gasteiger partial charge in [0.2, 0.25) is 0 Å². The molecular weight excluding hydrogens is 324 g/mol. The SMILES string of the molecule is O=C1CSC(N2CCSC/C2=C\c2ccc3ccccc3c2)=N1. The molecule has 5 heteroatoms. The van der Waals surface area contributed by atoms with Crippen molar-refractivity contribution >= 4 is 51.4 Å². The first-order valence-electron chi connectivity index (χ1n) is 7.58. The molecule has 2 aromatic carbocycles. The van der Waals surface area contributed by atoms with Crippen molar-refractivity contribution in [2.45, 2.75) is 0 Å². The molecule has 1 fully saturated rings. The largest absolute Gasteiger partial charge is 0.323 e. The average molecular weight is 340 g/mol. The maximum atomic E-state index is 11.4. The molecule has 0 spiro atoms. The number of hydrogen-bond donors (Lipinski definition) is 0. The zero-order valence-corrected chi connectivity index (χ0v) is 14.2. The van der Waals surface area contributed by atoms with Crippen LogP contribution in [0.25, 0.3) is 16.8 Å². The summed E-state index contributed by atoms with van der Waals surface area (Å²) in [5.41, 5.74) is 2.43. The van der Waals surface area contributed by atoms with Gasteiger partial charge in [-0.3, -0.25) is 4.79 Å². The lowest BCUT2D eigenvalue weighted by Crippen LogP contribution is -2.34. The monoisotopic (exact) mass is 340 g/mol. The van der Waals surface area contributed by atoms with Crippen molar-refractivity contribution in [1.82, 2.24) is 4.90 Å². The lowest BCUT2D eigenvalue weighted by atomic mass is 10.1. The second-order valence-corrected chi connectivity index (χ2v) is 7.57. The topological polar surface area (TPSA) is 32.7 Å². The summed E-state index contributed by atoms with van der Waals surface area (Å²) in [6, 6.07) is 14.9. The first kappa shape index (κ1) is 14.8. The average Bonchev–Trinajstić information content (AvgIpc) is 3.01. The van der Waals surface area contributed by atoms with Gasteiger partial charge in [0.15, 0.2) is 5.17 Å². The van der Waals surface area contributed by atoms with Crippen molar-refractivity contribution in [2.75, 3.05) is 23.8 Å². The lowest BCUT2D eigenvalue weighted by Gasteiger charge is -2.30. The predicted octanol–water partition coefficient (Wildman–Crippen LogP) is 3.86. The maximum absolute atomic E-state index is 11.4. The summed E-state index contributed by atoms with van der Waals surface area (Å²) < 4.78 is 0. The minimum absolute atomic E-state index is 0.0201. The highest BCUT2D eigenvalue weighted by Crippen LogP contribution is 2.28. The predicted molar refractivity (Wildman–Crippen MR) is 101 cm³/mol. The molecule has 23 heavy (non-hydrogen) atoms. The maximum Gasteiger partial charge on any atom is 0.258 e. The fraction of sp³-hybridized carbons (Fsp3) is 0.222. The zero-order valence-electron chi connectivity index (χ0n) is 12.6. The molecule has 0 unspecified atom stereocenters. The molecule has 0 radical (unpaired) electrons. The van der Waals surface area contributed by atoms with Gasteiger partial charge in [0.05, 0.1) is 5.75 Å². The summed E-state index contributed by atoms with van der Waals surface area (Å²) >= 11 is 3.48. The van der Waals surface area contributed by atoms with Crippen LogP contribution in [0.2, 0.25) is 0 Å². The second-order valence-electron chi connectivity index (χ2n) is 5.52. The first-order chi connectivity index (χ1) is 11.3. The molecule has 0 bridgehead atoms. The Balaban J connectivity index is 1.68. The Morgan fingerprint density at radius 3 is 2.78 bits per heavy atom. The Hall–Kier alpha value is -1.72. The third-order valence-corrected chi connectivity index (χ3v) is 5.87. The van der Waals surface area contributed by atoms with Crippen LogP contribution in [-0.2, 0) is 4.79 Å². The molecule has 2 aromatic rings.